The van der Waals surface area contributed by atoms with Crippen molar-refractivity contribution in [3.8, 4) is 11.4 Å². The summed E-state index contributed by atoms with van der Waals surface area (Å²) in [5.41, 5.74) is 0.616. The van der Waals surface area contributed by atoms with Crippen LogP contribution in [-0.4, -0.2) is 36.9 Å². The number of carbonyl (C=O) groups excluding carboxylic acids is 2. The minimum absolute atomic E-state index is 0.00741. The van der Waals surface area contributed by atoms with Crippen LogP contribution in [0.4, 0.5) is 0 Å². The summed E-state index contributed by atoms with van der Waals surface area (Å²) >= 11 is 0. The summed E-state index contributed by atoms with van der Waals surface area (Å²) in [6.07, 6.45) is 2.79. The lowest BCUT2D eigenvalue weighted by atomic mass is 9.99. The number of Topliss-reactive ketones (excluding diaryl/α,β-unsaturated/α-hetero) is 2. The van der Waals surface area contributed by atoms with E-state index in [1.165, 1.54) is 12.4 Å². The molecule has 0 saturated heterocycles. The van der Waals surface area contributed by atoms with Gasteiger partial charge in [-0.2, -0.15) is 15.4 Å². The molecule has 0 unspecified atom stereocenters. The molecular formula is C8H3N5O2. The molecule has 2 aromatic heterocycles. The fraction of sp³-hybridized carbons (Fsp3) is 0. The number of hydrogen-bond acceptors (Lipinski definition) is 6. The highest BCUT2D eigenvalue weighted by Crippen LogP contribution is 2.26. The van der Waals surface area contributed by atoms with Crippen LogP contribution in [0.3, 0.4) is 0 Å². The third-order valence-electron chi connectivity index (χ3n) is 2.11. The van der Waals surface area contributed by atoms with Gasteiger partial charge in [0.15, 0.2) is 5.69 Å². The zero-order valence-electron chi connectivity index (χ0n) is 7.26. The van der Waals surface area contributed by atoms with Crippen LogP contribution in [0.25, 0.3) is 11.4 Å². The normalized spacial score (nSPS) is 13.6. The molecular weight excluding hydrogens is 198 g/mol. The van der Waals surface area contributed by atoms with Crippen molar-refractivity contribution >= 4 is 11.6 Å². The van der Waals surface area contributed by atoms with Crippen LogP contribution in [0.2, 0.25) is 0 Å². The number of H-pyrrole nitrogens is 1. The van der Waals surface area contributed by atoms with E-state index in [1.807, 2.05) is 0 Å². The summed E-state index contributed by atoms with van der Waals surface area (Å²) in [5, 5.41) is 9.68. The van der Waals surface area contributed by atoms with Gasteiger partial charge in [0, 0.05) is 12.4 Å². The van der Waals surface area contributed by atoms with Crippen LogP contribution < -0.4 is 0 Å². The Bertz CT molecular complexity index is 588. The number of rotatable bonds is 0. The molecule has 3 rings (SSSR count). The number of carbonyl (C=O) groups is 2. The third-order valence-corrected chi connectivity index (χ3v) is 2.11. The lowest BCUT2D eigenvalue weighted by Crippen LogP contribution is -2.23. The Kier molecular flexibility index (Phi) is 1.34. The van der Waals surface area contributed by atoms with E-state index in [2.05, 4.69) is 25.4 Å². The zero-order chi connectivity index (χ0) is 10.4. The summed E-state index contributed by atoms with van der Waals surface area (Å²) in [4.78, 5) is 30.8. The quantitative estimate of drug-likeness (QED) is 0.584. The minimum atomic E-state index is -0.702. The predicted octanol–water partition coefficient (Wildman–Crippen LogP) is -0.359. The van der Waals surface area contributed by atoms with E-state index in [1.54, 1.807) is 0 Å². The van der Waals surface area contributed by atoms with Crippen molar-refractivity contribution in [2.24, 2.45) is 0 Å². The van der Waals surface area contributed by atoms with Crippen molar-refractivity contribution in [3.05, 3.63) is 23.8 Å². The number of nitrogens with zero attached hydrogens (tertiary/aromatic N) is 4. The van der Waals surface area contributed by atoms with Crippen LogP contribution in [-0.2, 0) is 0 Å². The summed E-state index contributed by atoms with van der Waals surface area (Å²) in [6.45, 7) is 0. The SMILES string of the molecule is O=C1C(=O)c2n[nH]nc2-c2nccnc21. The number of hydrogen-bond donors (Lipinski definition) is 1. The molecule has 0 amide bonds. The van der Waals surface area contributed by atoms with Crippen LogP contribution in [0.1, 0.15) is 21.0 Å². The molecule has 1 N–H and O–H groups in total. The van der Waals surface area contributed by atoms with Gasteiger partial charge in [-0.05, 0) is 0 Å². The molecule has 7 heteroatoms. The molecule has 2 heterocycles. The molecule has 0 bridgehead atoms. The van der Waals surface area contributed by atoms with Crippen LogP contribution >= 0.6 is 0 Å². The maximum atomic E-state index is 11.5. The first kappa shape index (κ1) is 7.92. The number of fused-ring (bicyclic) bond motifs is 3. The van der Waals surface area contributed by atoms with E-state index < -0.39 is 11.6 Å². The lowest BCUT2D eigenvalue weighted by molar-refractivity contribution is 0.0809. The second kappa shape index (κ2) is 2.53. The molecule has 0 radical (unpaired) electrons. The fourth-order valence-electron chi connectivity index (χ4n) is 1.45. The monoisotopic (exact) mass is 201 g/mol. The van der Waals surface area contributed by atoms with Crippen molar-refractivity contribution in [1.29, 1.82) is 0 Å². The molecule has 0 aromatic carbocycles. The van der Waals surface area contributed by atoms with E-state index in [9.17, 15) is 9.59 Å². The molecule has 1 aliphatic carbocycles. The molecule has 0 saturated carbocycles. The van der Waals surface area contributed by atoms with Gasteiger partial charge in [-0.15, -0.1) is 0 Å². The smallest absolute Gasteiger partial charge is 0.257 e. The Hall–Kier alpha value is -2.44. The van der Waals surface area contributed by atoms with Crippen molar-refractivity contribution in [2.75, 3.05) is 0 Å². The Morgan fingerprint density at radius 1 is 0.800 bits per heavy atom. The van der Waals surface area contributed by atoms with E-state index in [0.717, 1.165) is 0 Å². The molecule has 0 atom stereocenters. The van der Waals surface area contributed by atoms with Gasteiger partial charge in [-0.1, -0.05) is 0 Å². The maximum Gasteiger partial charge on any atom is 0.257 e. The summed E-state index contributed by atoms with van der Waals surface area (Å²) < 4.78 is 0. The number of nitrogens with one attached hydrogen (secondary N) is 1. The zero-order valence-corrected chi connectivity index (χ0v) is 7.26. The summed E-state index contributed by atoms with van der Waals surface area (Å²) in [5.74, 6) is -1.40. The molecule has 0 fully saturated rings. The predicted molar refractivity (Wildman–Crippen MR) is 46.1 cm³/mol. The maximum absolute atomic E-state index is 11.5. The first-order valence-corrected chi connectivity index (χ1v) is 4.10. The van der Waals surface area contributed by atoms with Crippen molar-refractivity contribution in [2.45, 2.75) is 0 Å². The lowest BCUT2D eigenvalue weighted by Gasteiger charge is -2.08. The number of aromatic amines is 1. The Morgan fingerprint density at radius 2 is 1.40 bits per heavy atom. The molecule has 0 aliphatic heterocycles. The molecule has 1 aliphatic rings. The topological polar surface area (TPSA) is 101 Å². The Morgan fingerprint density at radius 3 is 2.20 bits per heavy atom. The highest BCUT2D eigenvalue weighted by atomic mass is 16.2. The van der Waals surface area contributed by atoms with Gasteiger partial charge in [0.25, 0.3) is 11.6 Å². The van der Waals surface area contributed by atoms with E-state index >= 15 is 0 Å². The van der Waals surface area contributed by atoms with Crippen molar-refractivity contribution < 1.29 is 9.59 Å². The summed E-state index contributed by atoms with van der Waals surface area (Å²) in [6, 6.07) is 0. The largest absolute Gasteiger partial charge is 0.283 e. The summed E-state index contributed by atoms with van der Waals surface area (Å²) in [7, 11) is 0. The molecule has 72 valence electrons. The van der Waals surface area contributed by atoms with E-state index in [-0.39, 0.29) is 17.1 Å². The average molecular weight is 201 g/mol. The van der Waals surface area contributed by atoms with Crippen LogP contribution in [0.5, 0.6) is 0 Å². The van der Waals surface area contributed by atoms with E-state index in [0.29, 0.717) is 5.69 Å². The van der Waals surface area contributed by atoms with Gasteiger partial charge >= 0.3 is 0 Å². The number of ketones is 2. The van der Waals surface area contributed by atoms with Gasteiger partial charge in [0.05, 0.1) is 0 Å². The van der Waals surface area contributed by atoms with Gasteiger partial charge in [0.1, 0.15) is 17.1 Å². The molecule has 15 heavy (non-hydrogen) atoms. The minimum Gasteiger partial charge on any atom is -0.283 e. The second-order valence-corrected chi connectivity index (χ2v) is 2.93. The molecule has 0 spiro atoms. The second-order valence-electron chi connectivity index (χ2n) is 2.93. The average Bonchev–Trinajstić information content (AvgIpc) is 2.75. The van der Waals surface area contributed by atoms with Gasteiger partial charge in [0.2, 0.25) is 0 Å². The highest BCUT2D eigenvalue weighted by molar-refractivity contribution is 6.51. The van der Waals surface area contributed by atoms with Gasteiger partial charge < -0.3 is 0 Å². The third kappa shape index (κ3) is 0.885. The molecule has 7 nitrogen and oxygen atoms in total. The highest BCUT2D eigenvalue weighted by Gasteiger charge is 2.35. The van der Waals surface area contributed by atoms with Crippen molar-refractivity contribution in [3.63, 3.8) is 0 Å². The number of aromatic nitrogens is 5. The standard InChI is InChI=1S/C8H3N5O2/c14-7-5-3(9-1-2-10-5)4-6(8(7)15)12-13-11-4/h1-2H,(H,11,12,13). The van der Waals surface area contributed by atoms with Gasteiger partial charge in [-0.3, -0.25) is 14.6 Å². The van der Waals surface area contributed by atoms with E-state index in [4.69, 9.17) is 0 Å². The first-order valence-electron chi connectivity index (χ1n) is 4.10. The van der Waals surface area contributed by atoms with Crippen molar-refractivity contribution in [1.82, 2.24) is 25.4 Å². The van der Waals surface area contributed by atoms with Gasteiger partial charge in [-0.25, -0.2) is 4.98 Å². The fourth-order valence-corrected chi connectivity index (χ4v) is 1.45. The Labute approximate surface area is 82.6 Å². The van der Waals surface area contributed by atoms with Crippen LogP contribution in [0, 0.1) is 0 Å². The first-order chi connectivity index (χ1) is 7.29. The molecule has 2 aromatic rings. The Balaban J connectivity index is 2.42. The van der Waals surface area contributed by atoms with Crippen LogP contribution in [0.15, 0.2) is 12.4 Å².